The number of primary amides is 2. The molecule has 20 heavy (non-hydrogen) atoms. The number of carbonyl (C=O) groups is 3. The van der Waals surface area contributed by atoms with Gasteiger partial charge < -0.3 is 21.7 Å². The molecule has 1 aromatic carbocycles. The summed E-state index contributed by atoms with van der Waals surface area (Å²) in [5.41, 5.74) is 12.6. The van der Waals surface area contributed by atoms with E-state index in [2.05, 4.69) is 5.32 Å². The van der Waals surface area contributed by atoms with Crippen LogP contribution in [0.3, 0.4) is 0 Å². The van der Waals surface area contributed by atoms with E-state index in [1.54, 1.807) is 12.1 Å². The van der Waals surface area contributed by atoms with E-state index in [1.165, 1.54) is 0 Å². The Hall–Kier alpha value is -2.57. The summed E-state index contributed by atoms with van der Waals surface area (Å²) in [4.78, 5) is 35.3. The quantitative estimate of drug-likeness (QED) is 0.643. The molecule has 1 aliphatic heterocycles. The van der Waals surface area contributed by atoms with Gasteiger partial charge in [0.2, 0.25) is 11.8 Å². The van der Waals surface area contributed by atoms with Crippen LogP contribution in [0.25, 0.3) is 0 Å². The van der Waals surface area contributed by atoms with Crippen LogP contribution in [-0.4, -0.2) is 42.3 Å². The Bertz CT molecular complexity index is 555. The van der Waals surface area contributed by atoms with Crippen molar-refractivity contribution in [2.24, 2.45) is 11.5 Å². The average Bonchev–Trinajstić information content (AvgIpc) is 2.83. The van der Waals surface area contributed by atoms with Gasteiger partial charge in [-0.25, -0.2) is 0 Å². The standard InChI is InChI=1S/C13H16N4O3/c14-11(18)6-17(7-12(15)19)13(20)9-2-1-8-3-4-16-10(8)5-9/h1-2,5,16H,3-4,6-7H2,(H2,14,18)(H2,15,19). The predicted octanol–water partition coefficient (Wildman–Crippen LogP) is -0.933. The minimum Gasteiger partial charge on any atom is -0.384 e. The number of hydrogen-bond acceptors (Lipinski definition) is 4. The number of amides is 3. The van der Waals surface area contributed by atoms with Crippen molar-refractivity contribution in [2.45, 2.75) is 6.42 Å². The fourth-order valence-electron chi connectivity index (χ4n) is 2.18. The Morgan fingerprint density at radius 1 is 1.15 bits per heavy atom. The van der Waals surface area contributed by atoms with Crippen LogP contribution in [0.15, 0.2) is 18.2 Å². The number of rotatable bonds is 5. The molecule has 2 rings (SSSR count). The average molecular weight is 276 g/mol. The topological polar surface area (TPSA) is 119 Å². The van der Waals surface area contributed by atoms with Crippen molar-refractivity contribution < 1.29 is 14.4 Å². The van der Waals surface area contributed by atoms with Crippen LogP contribution in [0.1, 0.15) is 15.9 Å². The number of nitrogens with one attached hydrogen (secondary N) is 1. The summed E-state index contributed by atoms with van der Waals surface area (Å²) in [6.45, 7) is 0.151. The van der Waals surface area contributed by atoms with Gasteiger partial charge in [0.05, 0.1) is 0 Å². The van der Waals surface area contributed by atoms with Crippen molar-refractivity contribution in [3.8, 4) is 0 Å². The lowest BCUT2D eigenvalue weighted by atomic mass is 10.1. The minimum absolute atomic E-state index is 0.341. The monoisotopic (exact) mass is 276 g/mol. The molecule has 0 saturated carbocycles. The van der Waals surface area contributed by atoms with Crippen molar-refractivity contribution in [1.82, 2.24) is 4.90 Å². The number of nitrogens with zero attached hydrogens (tertiary/aromatic N) is 1. The van der Waals surface area contributed by atoms with Crippen LogP contribution in [0.2, 0.25) is 0 Å². The first-order chi connectivity index (χ1) is 9.47. The lowest BCUT2D eigenvalue weighted by Crippen LogP contribution is -2.43. The Labute approximate surface area is 115 Å². The fraction of sp³-hybridized carbons (Fsp3) is 0.308. The molecule has 0 radical (unpaired) electrons. The lowest BCUT2D eigenvalue weighted by molar-refractivity contribution is -0.121. The highest BCUT2D eigenvalue weighted by atomic mass is 16.2. The predicted molar refractivity (Wildman–Crippen MR) is 72.9 cm³/mol. The highest BCUT2D eigenvalue weighted by molar-refractivity contribution is 5.99. The Morgan fingerprint density at radius 2 is 1.80 bits per heavy atom. The van der Waals surface area contributed by atoms with Crippen molar-refractivity contribution in [2.75, 3.05) is 25.0 Å². The molecule has 1 aromatic rings. The third kappa shape index (κ3) is 3.05. The van der Waals surface area contributed by atoms with E-state index in [9.17, 15) is 14.4 Å². The molecule has 0 bridgehead atoms. The second-order valence-corrected chi connectivity index (χ2v) is 4.64. The van der Waals surface area contributed by atoms with Gasteiger partial charge in [0, 0.05) is 17.8 Å². The molecule has 0 aromatic heterocycles. The van der Waals surface area contributed by atoms with Crippen molar-refractivity contribution >= 4 is 23.4 Å². The summed E-state index contributed by atoms with van der Waals surface area (Å²) in [6, 6.07) is 5.23. The van der Waals surface area contributed by atoms with E-state index in [1.807, 2.05) is 6.07 Å². The summed E-state index contributed by atoms with van der Waals surface area (Å²) in [7, 11) is 0. The molecule has 106 valence electrons. The second-order valence-electron chi connectivity index (χ2n) is 4.64. The van der Waals surface area contributed by atoms with Crippen LogP contribution in [0.4, 0.5) is 5.69 Å². The molecule has 7 nitrogen and oxygen atoms in total. The van der Waals surface area contributed by atoms with Crippen LogP contribution in [0.5, 0.6) is 0 Å². The molecule has 5 N–H and O–H groups in total. The van der Waals surface area contributed by atoms with Gasteiger partial charge >= 0.3 is 0 Å². The molecule has 7 heteroatoms. The maximum atomic E-state index is 12.3. The normalized spacial score (nSPS) is 12.4. The minimum atomic E-state index is -0.695. The Kier molecular flexibility index (Phi) is 3.88. The molecule has 0 spiro atoms. The number of carbonyl (C=O) groups excluding carboxylic acids is 3. The van der Waals surface area contributed by atoms with Crippen LogP contribution < -0.4 is 16.8 Å². The fourth-order valence-corrected chi connectivity index (χ4v) is 2.18. The second kappa shape index (κ2) is 5.60. The summed E-state index contributed by atoms with van der Waals surface area (Å²) in [6.07, 6.45) is 0.913. The maximum Gasteiger partial charge on any atom is 0.254 e. The number of nitrogens with two attached hydrogens (primary N) is 2. The highest BCUT2D eigenvalue weighted by Gasteiger charge is 2.21. The summed E-state index contributed by atoms with van der Waals surface area (Å²) in [5.74, 6) is -1.84. The van der Waals surface area contributed by atoms with E-state index in [4.69, 9.17) is 11.5 Å². The Balaban J connectivity index is 2.22. The lowest BCUT2D eigenvalue weighted by Gasteiger charge is -2.19. The zero-order chi connectivity index (χ0) is 14.7. The van der Waals surface area contributed by atoms with Crippen LogP contribution in [0, 0.1) is 0 Å². The molecule has 0 unspecified atom stereocenters. The van der Waals surface area contributed by atoms with Crippen LogP contribution in [-0.2, 0) is 16.0 Å². The van der Waals surface area contributed by atoms with Gasteiger partial charge in [-0.2, -0.15) is 0 Å². The van der Waals surface area contributed by atoms with E-state index in [0.717, 1.165) is 29.1 Å². The molecular weight excluding hydrogens is 260 g/mol. The third-order valence-electron chi connectivity index (χ3n) is 3.05. The highest BCUT2D eigenvalue weighted by Crippen LogP contribution is 2.23. The van der Waals surface area contributed by atoms with Crippen molar-refractivity contribution in [3.63, 3.8) is 0 Å². The van der Waals surface area contributed by atoms with Gasteiger partial charge in [0.25, 0.3) is 5.91 Å². The zero-order valence-electron chi connectivity index (χ0n) is 10.9. The molecule has 0 atom stereocenters. The SMILES string of the molecule is NC(=O)CN(CC(N)=O)C(=O)c1ccc2c(c1)NCC2. The van der Waals surface area contributed by atoms with Gasteiger partial charge in [-0.3, -0.25) is 14.4 Å². The number of fused-ring (bicyclic) bond motifs is 1. The largest absolute Gasteiger partial charge is 0.384 e. The van der Waals surface area contributed by atoms with E-state index in [-0.39, 0.29) is 13.1 Å². The third-order valence-corrected chi connectivity index (χ3v) is 3.05. The number of hydrogen-bond donors (Lipinski definition) is 3. The molecular formula is C13H16N4O3. The van der Waals surface area contributed by atoms with Gasteiger partial charge in [-0.15, -0.1) is 0 Å². The first-order valence-electron chi connectivity index (χ1n) is 6.20. The summed E-state index contributed by atoms with van der Waals surface area (Å²) >= 11 is 0. The van der Waals surface area contributed by atoms with Gasteiger partial charge in [-0.1, -0.05) is 6.07 Å². The zero-order valence-corrected chi connectivity index (χ0v) is 10.9. The van der Waals surface area contributed by atoms with Crippen molar-refractivity contribution in [1.29, 1.82) is 0 Å². The van der Waals surface area contributed by atoms with Gasteiger partial charge in [0.1, 0.15) is 13.1 Å². The van der Waals surface area contributed by atoms with Gasteiger partial charge in [0.15, 0.2) is 0 Å². The summed E-state index contributed by atoms with van der Waals surface area (Å²) < 4.78 is 0. The van der Waals surface area contributed by atoms with E-state index < -0.39 is 17.7 Å². The molecule has 3 amide bonds. The molecule has 0 fully saturated rings. The Morgan fingerprint density at radius 3 is 2.40 bits per heavy atom. The molecule has 1 heterocycles. The molecule has 1 aliphatic rings. The first-order valence-corrected chi connectivity index (χ1v) is 6.20. The molecule has 0 aliphatic carbocycles. The number of benzene rings is 1. The van der Waals surface area contributed by atoms with E-state index >= 15 is 0 Å². The van der Waals surface area contributed by atoms with Gasteiger partial charge in [-0.05, 0) is 24.1 Å². The summed E-state index contributed by atoms with van der Waals surface area (Å²) in [5, 5.41) is 3.16. The maximum absolute atomic E-state index is 12.3. The first kappa shape index (κ1) is 13.9. The molecule has 0 saturated heterocycles. The van der Waals surface area contributed by atoms with E-state index in [0.29, 0.717) is 5.56 Å². The number of anilines is 1. The van der Waals surface area contributed by atoms with Crippen molar-refractivity contribution in [3.05, 3.63) is 29.3 Å². The van der Waals surface area contributed by atoms with Crippen LogP contribution >= 0.6 is 0 Å². The smallest absolute Gasteiger partial charge is 0.254 e.